The van der Waals surface area contributed by atoms with Gasteiger partial charge in [0.05, 0.1) is 30.5 Å². The number of carbonyl (C=O) groups excluding carboxylic acids is 2. The summed E-state index contributed by atoms with van der Waals surface area (Å²) in [7, 11) is 1.82. The predicted octanol–water partition coefficient (Wildman–Crippen LogP) is 3.42. The van der Waals surface area contributed by atoms with Crippen molar-refractivity contribution in [3.05, 3.63) is 64.4 Å². The molecule has 4 aromatic rings. The quantitative estimate of drug-likeness (QED) is 0.237. The Kier molecular flexibility index (Phi) is 7.15. The second-order valence-corrected chi connectivity index (χ2v) is 10.3. The molecule has 2 aromatic heterocycles. The molecular formula is C30H31N5O7. The fraction of sp³-hybridized carbons (Fsp3) is 0.367. The number of aryl methyl sites for hydroxylation is 1. The maximum atomic E-state index is 14.5. The fourth-order valence-corrected chi connectivity index (χ4v) is 5.86. The number of aromatic amines is 1. The molecule has 4 heterocycles. The summed E-state index contributed by atoms with van der Waals surface area (Å²) in [4.78, 5) is 42.8. The molecule has 0 amide bonds. The lowest BCUT2D eigenvalue weighted by Gasteiger charge is -2.45. The standard InChI is InChI=1S/C30H31N5O7/c1-4-39-22-13-18(14-23(40-5-2)24(22)19-15-32-35(3)16-19)26(36)25-27(37)20-12-17(28-33-29(38)42-34-28)6-7-21(20)41-30(25)8-10-31-11-9-30/h6-7,12-16,25,31H,4-5,8-11H2,1-3H3,(H,33,34,38). The van der Waals surface area contributed by atoms with Gasteiger partial charge in [0, 0.05) is 42.8 Å². The molecule has 0 bridgehead atoms. The molecule has 2 aliphatic rings. The Hall–Kier alpha value is -4.71. The smallest absolute Gasteiger partial charge is 0.439 e. The van der Waals surface area contributed by atoms with E-state index in [-0.39, 0.29) is 28.5 Å². The molecule has 1 spiro atoms. The molecule has 42 heavy (non-hydrogen) atoms. The van der Waals surface area contributed by atoms with Gasteiger partial charge >= 0.3 is 5.76 Å². The SMILES string of the molecule is CCOc1cc(C(=O)C2C(=O)c3cc(-c4noc(=O)[nH]4)ccc3OC23CCNCC3)cc(OCC)c1-c1cnn(C)c1. The highest BCUT2D eigenvalue weighted by Crippen LogP contribution is 2.46. The summed E-state index contributed by atoms with van der Waals surface area (Å²) in [6.45, 7) is 5.63. The number of H-pyrrole nitrogens is 1. The second kappa shape index (κ2) is 10.9. The van der Waals surface area contributed by atoms with E-state index in [9.17, 15) is 14.4 Å². The monoisotopic (exact) mass is 573 g/mol. The zero-order valence-corrected chi connectivity index (χ0v) is 23.6. The van der Waals surface area contributed by atoms with E-state index in [1.807, 2.05) is 27.1 Å². The molecule has 1 saturated heterocycles. The van der Waals surface area contributed by atoms with Crippen LogP contribution in [0.5, 0.6) is 17.2 Å². The van der Waals surface area contributed by atoms with E-state index < -0.39 is 17.3 Å². The molecule has 0 aliphatic carbocycles. The first-order chi connectivity index (χ1) is 20.3. The first-order valence-corrected chi connectivity index (χ1v) is 13.9. The van der Waals surface area contributed by atoms with Gasteiger partial charge in [0.2, 0.25) is 0 Å². The van der Waals surface area contributed by atoms with E-state index in [2.05, 4.69) is 25.1 Å². The van der Waals surface area contributed by atoms with Crippen LogP contribution in [-0.4, -0.2) is 63.4 Å². The van der Waals surface area contributed by atoms with E-state index in [1.165, 1.54) is 0 Å². The highest BCUT2D eigenvalue weighted by atomic mass is 16.5. The molecule has 12 nitrogen and oxygen atoms in total. The van der Waals surface area contributed by atoms with Crippen LogP contribution >= 0.6 is 0 Å². The Morgan fingerprint density at radius 3 is 2.38 bits per heavy atom. The van der Waals surface area contributed by atoms with Crippen LogP contribution in [0.15, 0.2) is 52.0 Å². The van der Waals surface area contributed by atoms with Crippen molar-refractivity contribution in [2.45, 2.75) is 32.3 Å². The predicted molar refractivity (Wildman–Crippen MR) is 151 cm³/mol. The Balaban J connectivity index is 1.47. The molecule has 2 aliphatic heterocycles. The molecule has 1 fully saturated rings. The molecule has 218 valence electrons. The van der Waals surface area contributed by atoms with E-state index in [1.54, 1.807) is 41.2 Å². The zero-order chi connectivity index (χ0) is 29.4. The number of nitrogens with one attached hydrogen (secondary N) is 2. The number of piperidine rings is 1. The van der Waals surface area contributed by atoms with Crippen LogP contribution in [0.3, 0.4) is 0 Å². The van der Waals surface area contributed by atoms with Gasteiger partial charge in [0.25, 0.3) is 0 Å². The summed E-state index contributed by atoms with van der Waals surface area (Å²) >= 11 is 0. The van der Waals surface area contributed by atoms with Gasteiger partial charge in [-0.15, -0.1) is 0 Å². The number of hydrogen-bond acceptors (Lipinski definition) is 10. The minimum atomic E-state index is -1.12. The highest BCUT2D eigenvalue weighted by molar-refractivity contribution is 6.19. The number of aromatic nitrogens is 4. The number of ketones is 2. The lowest BCUT2D eigenvalue weighted by Crippen LogP contribution is -2.58. The maximum Gasteiger partial charge on any atom is 0.439 e. The number of rotatable bonds is 8. The molecule has 0 saturated carbocycles. The van der Waals surface area contributed by atoms with Crippen LogP contribution in [0.2, 0.25) is 0 Å². The number of hydrogen-bond donors (Lipinski definition) is 2. The average Bonchev–Trinajstić information content (AvgIpc) is 3.61. The normalized spacial score (nSPS) is 17.5. The third-order valence-corrected chi connectivity index (χ3v) is 7.72. The summed E-state index contributed by atoms with van der Waals surface area (Å²) in [5.74, 6) is -1.09. The molecular weight excluding hydrogens is 542 g/mol. The summed E-state index contributed by atoms with van der Waals surface area (Å²) in [6.07, 6.45) is 4.50. The average molecular weight is 574 g/mol. The van der Waals surface area contributed by atoms with Crippen molar-refractivity contribution >= 4 is 11.6 Å². The number of benzene rings is 2. The summed E-state index contributed by atoms with van der Waals surface area (Å²) in [5, 5.41) is 11.3. The van der Waals surface area contributed by atoms with Gasteiger partial charge in [-0.05, 0) is 57.3 Å². The van der Waals surface area contributed by atoms with E-state index >= 15 is 0 Å². The third-order valence-electron chi connectivity index (χ3n) is 7.72. The number of carbonyl (C=O) groups is 2. The van der Waals surface area contributed by atoms with Crippen LogP contribution in [0.1, 0.15) is 47.4 Å². The van der Waals surface area contributed by atoms with E-state index in [4.69, 9.17) is 14.2 Å². The Labute approximate surface area is 241 Å². The third kappa shape index (κ3) is 4.77. The minimum Gasteiger partial charge on any atom is -0.493 e. The molecule has 1 unspecified atom stereocenters. The molecule has 12 heteroatoms. The van der Waals surface area contributed by atoms with Gasteiger partial charge in [-0.1, -0.05) is 5.16 Å². The lowest BCUT2D eigenvalue weighted by atomic mass is 9.70. The van der Waals surface area contributed by atoms with Crippen LogP contribution in [0, 0.1) is 5.92 Å². The van der Waals surface area contributed by atoms with Crippen LogP contribution < -0.4 is 25.3 Å². The van der Waals surface area contributed by atoms with Crippen molar-refractivity contribution in [2.75, 3.05) is 26.3 Å². The fourth-order valence-electron chi connectivity index (χ4n) is 5.86. The van der Waals surface area contributed by atoms with Gasteiger partial charge in [-0.25, -0.2) is 4.79 Å². The van der Waals surface area contributed by atoms with Crippen molar-refractivity contribution < 1.29 is 28.3 Å². The highest BCUT2D eigenvalue weighted by Gasteiger charge is 2.54. The lowest BCUT2D eigenvalue weighted by molar-refractivity contribution is -0.0138. The Morgan fingerprint density at radius 1 is 1.07 bits per heavy atom. The van der Waals surface area contributed by atoms with Crippen molar-refractivity contribution in [3.8, 4) is 39.8 Å². The van der Waals surface area contributed by atoms with Crippen LogP contribution in [0.25, 0.3) is 22.5 Å². The first-order valence-electron chi connectivity index (χ1n) is 13.9. The largest absolute Gasteiger partial charge is 0.493 e. The summed E-state index contributed by atoms with van der Waals surface area (Å²) < 4.78 is 24.9. The summed E-state index contributed by atoms with van der Waals surface area (Å²) in [5.41, 5.74) is 1.42. The van der Waals surface area contributed by atoms with Crippen molar-refractivity contribution in [1.29, 1.82) is 0 Å². The molecule has 0 radical (unpaired) electrons. The number of nitrogens with zero attached hydrogens (tertiary/aromatic N) is 3. The number of ether oxygens (including phenoxy) is 3. The molecule has 2 N–H and O–H groups in total. The zero-order valence-electron chi connectivity index (χ0n) is 23.6. The number of fused-ring (bicyclic) bond motifs is 1. The van der Waals surface area contributed by atoms with E-state index in [0.29, 0.717) is 67.5 Å². The van der Waals surface area contributed by atoms with Gasteiger partial charge in [-0.2, -0.15) is 5.10 Å². The minimum absolute atomic E-state index is 0.175. The Morgan fingerprint density at radius 2 is 1.79 bits per heavy atom. The van der Waals surface area contributed by atoms with Crippen molar-refractivity contribution in [1.82, 2.24) is 25.2 Å². The molecule has 2 aromatic carbocycles. The number of Topliss-reactive ketones (excluding diaryl/α,β-unsaturated/α-hetero) is 2. The van der Waals surface area contributed by atoms with Gasteiger partial charge in [0.1, 0.15) is 28.8 Å². The maximum absolute atomic E-state index is 14.5. The van der Waals surface area contributed by atoms with Gasteiger partial charge in [0.15, 0.2) is 17.4 Å². The topological polar surface area (TPSA) is 151 Å². The van der Waals surface area contributed by atoms with Crippen molar-refractivity contribution in [3.63, 3.8) is 0 Å². The van der Waals surface area contributed by atoms with Crippen molar-refractivity contribution in [2.24, 2.45) is 13.0 Å². The van der Waals surface area contributed by atoms with Crippen LogP contribution in [0.4, 0.5) is 0 Å². The van der Waals surface area contributed by atoms with E-state index in [0.717, 1.165) is 5.56 Å². The van der Waals surface area contributed by atoms with Gasteiger partial charge in [-0.3, -0.25) is 23.8 Å². The molecule has 1 atom stereocenters. The van der Waals surface area contributed by atoms with Gasteiger partial charge < -0.3 is 19.5 Å². The second-order valence-electron chi connectivity index (χ2n) is 10.3. The van der Waals surface area contributed by atoms with Crippen LogP contribution in [-0.2, 0) is 7.05 Å². The Bertz CT molecular complexity index is 1690. The molecule has 6 rings (SSSR count). The summed E-state index contributed by atoms with van der Waals surface area (Å²) in [6, 6.07) is 8.28. The first kappa shape index (κ1) is 27.5.